The summed E-state index contributed by atoms with van der Waals surface area (Å²) in [6.07, 6.45) is 4.76. The van der Waals surface area contributed by atoms with Crippen LogP contribution in [0.3, 0.4) is 0 Å². The Bertz CT molecular complexity index is 1180. The maximum Gasteiger partial charge on any atom is 0.307 e. The molecule has 0 aliphatic carbocycles. The van der Waals surface area contributed by atoms with Gasteiger partial charge in [0, 0.05) is 19.0 Å². The van der Waals surface area contributed by atoms with E-state index in [1.807, 2.05) is 39.0 Å². The van der Waals surface area contributed by atoms with Crippen molar-refractivity contribution in [1.82, 2.24) is 9.99 Å². The molecular weight excluding hydrogens is 495 g/mol. The smallest absolute Gasteiger partial charge is 0.307 e. The van der Waals surface area contributed by atoms with Gasteiger partial charge in [-0.05, 0) is 38.8 Å². The van der Waals surface area contributed by atoms with Gasteiger partial charge in [0.05, 0.1) is 30.2 Å². The van der Waals surface area contributed by atoms with Crippen LogP contribution in [0.2, 0.25) is 5.02 Å². The van der Waals surface area contributed by atoms with Crippen LogP contribution in [-0.2, 0) is 14.3 Å². The lowest BCUT2D eigenvalue weighted by Crippen LogP contribution is -2.28. The molecule has 0 radical (unpaired) electrons. The van der Waals surface area contributed by atoms with Crippen LogP contribution in [0.25, 0.3) is 0 Å². The van der Waals surface area contributed by atoms with Gasteiger partial charge in [-0.25, -0.2) is 9.99 Å². The number of ether oxygens (including phenoxy) is 1. The number of allylic oxidation sites excluding steroid dienone is 3. The van der Waals surface area contributed by atoms with Crippen molar-refractivity contribution in [3.05, 3.63) is 81.8 Å². The van der Waals surface area contributed by atoms with Crippen LogP contribution in [0.4, 0.5) is 10.2 Å². The number of amides is 1. The summed E-state index contributed by atoms with van der Waals surface area (Å²) in [5.41, 5.74) is 2.99. The molecular formula is C28H34ClFN4O3. The molecule has 2 aromatic rings. The number of aromatic nitrogens is 1. The summed E-state index contributed by atoms with van der Waals surface area (Å²) in [5.74, 6) is -1.39. The Hall–Kier alpha value is -3.52. The van der Waals surface area contributed by atoms with Crippen LogP contribution in [0.15, 0.2) is 64.8 Å². The summed E-state index contributed by atoms with van der Waals surface area (Å²) in [4.78, 5) is 28.1. The number of anilines is 1. The van der Waals surface area contributed by atoms with Crippen LogP contribution in [0, 0.1) is 5.95 Å². The van der Waals surface area contributed by atoms with E-state index in [9.17, 15) is 9.59 Å². The molecule has 9 heteroatoms. The average Bonchev–Trinajstić information content (AvgIpc) is 2.86. The van der Waals surface area contributed by atoms with Gasteiger partial charge in [-0.1, -0.05) is 66.6 Å². The number of hydrazone groups is 1. The summed E-state index contributed by atoms with van der Waals surface area (Å²) in [6, 6.07) is 10.4. The molecule has 0 aliphatic rings. The number of nitrogens with zero attached hydrogens (tertiary/aromatic N) is 3. The van der Waals surface area contributed by atoms with Crippen molar-refractivity contribution in [2.45, 2.75) is 47.5 Å². The highest BCUT2D eigenvalue weighted by Gasteiger charge is 2.20. The number of benzene rings is 1. The maximum atomic E-state index is 15.4. The van der Waals surface area contributed by atoms with Crippen LogP contribution in [0.1, 0.15) is 58.6 Å². The standard InChI is InChI=1S/C28H34ClFN4O3/c1-6-21(14-13-19(3)4)18-34(20(5)35)33-26(22-11-9-8-10-12-22)23-17-24(29)28(32-27(23)30)31-16-15-25(36)37-7-2/h8-14,17H,6-7,15-16,18H2,1-5H3,(H,31,32)/b21-14+,33-26+. The van der Waals surface area contributed by atoms with Gasteiger partial charge in [0.1, 0.15) is 11.5 Å². The molecule has 1 N–H and O–H groups in total. The third kappa shape index (κ3) is 9.46. The highest BCUT2D eigenvalue weighted by atomic mass is 35.5. The van der Waals surface area contributed by atoms with E-state index < -0.39 is 5.95 Å². The molecule has 1 aromatic heterocycles. The van der Waals surface area contributed by atoms with Crippen molar-refractivity contribution in [2.24, 2.45) is 5.10 Å². The Morgan fingerprint density at radius 1 is 1.16 bits per heavy atom. The number of pyridine rings is 1. The fourth-order valence-electron chi connectivity index (χ4n) is 3.23. The highest BCUT2D eigenvalue weighted by molar-refractivity contribution is 6.33. The Kier molecular flexibility index (Phi) is 12.0. The third-order valence-electron chi connectivity index (χ3n) is 5.20. The van der Waals surface area contributed by atoms with Crippen molar-refractivity contribution in [3.8, 4) is 0 Å². The first-order valence-corrected chi connectivity index (χ1v) is 12.5. The molecule has 0 aliphatic heterocycles. The highest BCUT2D eigenvalue weighted by Crippen LogP contribution is 2.25. The maximum absolute atomic E-state index is 15.4. The van der Waals surface area contributed by atoms with Crippen LogP contribution in [0.5, 0.6) is 0 Å². The number of rotatable bonds is 12. The van der Waals surface area contributed by atoms with Crippen molar-refractivity contribution in [1.29, 1.82) is 0 Å². The van der Waals surface area contributed by atoms with Gasteiger partial charge in [0.2, 0.25) is 11.9 Å². The molecule has 0 fully saturated rings. The molecule has 0 saturated heterocycles. The fourth-order valence-corrected chi connectivity index (χ4v) is 3.45. The van der Waals surface area contributed by atoms with Gasteiger partial charge < -0.3 is 10.1 Å². The van der Waals surface area contributed by atoms with Crippen molar-refractivity contribution in [2.75, 3.05) is 25.0 Å². The minimum atomic E-state index is -0.815. The Morgan fingerprint density at radius 3 is 2.46 bits per heavy atom. The van der Waals surface area contributed by atoms with Crippen molar-refractivity contribution < 1.29 is 18.7 Å². The molecule has 198 valence electrons. The summed E-state index contributed by atoms with van der Waals surface area (Å²) in [6.45, 7) is 9.84. The average molecular weight is 529 g/mol. The number of halogens is 2. The molecule has 0 unspecified atom stereocenters. The topological polar surface area (TPSA) is 83.9 Å². The number of hydrogen-bond acceptors (Lipinski definition) is 6. The lowest BCUT2D eigenvalue weighted by molar-refractivity contribution is -0.142. The number of hydrogen-bond donors (Lipinski definition) is 1. The summed E-state index contributed by atoms with van der Waals surface area (Å²) in [5, 5.41) is 8.91. The zero-order valence-electron chi connectivity index (χ0n) is 22.0. The first kappa shape index (κ1) is 29.7. The summed E-state index contributed by atoms with van der Waals surface area (Å²) in [7, 11) is 0. The number of esters is 1. The normalized spacial score (nSPS) is 11.6. The minimum Gasteiger partial charge on any atom is -0.466 e. The van der Waals surface area contributed by atoms with Gasteiger partial charge in [0.15, 0.2) is 0 Å². The molecule has 0 saturated carbocycles. The van der Waals surface area contributed by atoms with Gasteiger partial charge in [-0.15, -0.1) is 0 Å². The van der Waals surface area contributed by atoms with E-state index in [2.05, 4.69) is 15.4 Å². The zero-order valence-corrected chi connectivity index (χ0v) is 22.7. The van der Waals surface area contributed by atoms with E-state index in [4.69, 9.17) is 16.3 Å². The Morgan fingerprint density at radius 2 is 1.86 bits per heavy atom. The summed E-state index contributed by atoms with van der Waals surface area (Å²) >= 11 is 6.43. The van der Waals surface area contributed by atoms with Crippen LogP contribution < -0.4 is 5.32 Å². The molecule has 2 rings (SSSR count). The van der Waals surface area contributed by atoms with Crippen molar-refractivity contribution in [3.63, 3.8) is 0 Å². The predicted octanol–water partition coefficient (Wildman–Crippen LogP) is 6.14. The van der Waals surface area contributed by atoms with Gasteiger partial charge in [0.25, 0.3) is 0 Å². The second-order valence-electron chi connectivity index (χ2n) is 8.45. The van der Waals surface area contributed by atoms with E-state index in [0.717, 1.165) is 17.6 Å². The van der Waals surface area contributed by atoms with Gasteiger partial charge >= 0.3 is 5.97 Å². The van der Waals surface area contributed by atoms with Gasteiger partial charge in [-0.2, -0.15) is 9.49 Å². The molecule has 0 spiro atoms. The number of carbonyl (C=O) groups is 2. The number of carbonyl (C=O) groups excluding carboxylic acids is 2. The van der Waals surface area contributed by atoms with E-state index in [1.54, 1.807) is 31.2 Å². The monoisotopic (exact) mass is 528 g/mol. The Balaban J connectivity index is 2.48. The van der Waals surface area contributed by atoms with E-state index in [0.29, 0.717) is 5.56 Å². The lowest BCUT2D eigenvalue weighted by atomic mass is 10.0. The molecule has 1 aromatic carbocycles. The molecule has 1 amide bonds. The minimum absolute atomic E-state index is 0.0460. The summed E-state index contributed by atoms with van der Waals surface area (Å²) < 4.78 is 20.2. The predicted molar refractivity (Wildman–Crippen MR) is 146 cm³/mol. The first-order chi connectivity index (χ1) is 17.7. The fraction of sp³-hybridized carbons (Fsp3) is 0.357. The van der Waals surface area contributed by atoms with Crippen molar-refractivity contribution >= 4 is 35.0 Å². The van der Waals surface area contributed by atoms with Gasteiger partial charge in [-0.3, -0.25) is 9.59 Å². The SMILES string of the molecule is CCOC(=O)CCNc1nc(F)c(/C(=N/N(C/C(=C/C=C(C)C)CC)C(C)=O)c2ccccc2)cc1Cl. The first-order valence-electron chi connectivity index (χ1n) is 12.2. The second kappa shape index (κ2) is 14.9. The van der Waals surface area contributed by atoms with E-state index >= 15 is 4.39 Å². The largest absolute Gasteiger partial charge is 0.466 e. The second-order valence-corrected chi connectivity index (χ2v) is 8.86. The lowest BCUT2D eigenvalue weighted by Gasteiger charge is -2.20. The molecule has 7 nitrogen and oxygen atoms in total. The third-order valence-corrected chi connectivity index (χ3v) is 5.49. The zero-order chi connectivity index (χ0) is 27.4. The van der Waals surface area contributed by atoms with Crippen LogP contribution in [-0.4, -0.2) is 47.3 Å². The van der Waals surface area contributed by atoms with E-state index in [-0.39, 0.29) is 60.1 Å². The number of nitrogens with one attached hydrogen (secondary N) is 1. The molecule has 1 heterocycles. The van der Waals surface area contributed by atoms with Crippen LogP contribution >= 0.6 is 11.6 Å². The molecule has 0 atom stereocenters. The Labute approximate surface area is 223 Å². The molecule has 37 heavy (non-hydrogen) atoms. The van der Waals surface area contributed by atoms with E-state index in [1.165, 1.54) is 18.0 Å². The quantitative estimate of drug-likeness (QED) is 0.117. The molecule has 0 bridgehead atoms.